The molecule has 1 atom stereocenters. The van der Waals surface area contributed by atoms with Gasteiger partial charge in [0.05, 0.1) is 0 Å². The molecule has 5 heteroatoms. The Kier molecular flexibility index (Phi) is 4.48. The summed E-state index contributed by atoms with van der Waals surface area (Å²) >= 11 is 6.27. The maximum atomic E-state index is 12.5. The molecule has 116 valence electrons. The average molecular weight is 318 g/mol. The molecule has 1 fully saturated rings. The van der Waals surface area contributed by atoms with Crippen LogP contribution >= 0.6 is 11.6 Å². The first-order chi connectivity index (χ1) is 10.7. The number of benzene rings is 1. The summed E-state index contributed by atoms with van der Waals surface area (Å²) in [6.45, 7) is 3.57. The van der Waals surface area contributed by atoms with Gasteiger partial charge in [0.2, 0.25) is 0 Å². The van der Waals surface area contributed by atoms with Crippen molar-refractivity contribution in [1.82, 2.24) is 15.1 Å². The van der Waals surface area contributed by atoms with Crippen molar-refractivity contribution in [3.05, 3.63) is 52.3 Å². The van der Waals surface area contributed by atoms with Crippen LogP contribution in [-0.2, 0) is 6.42 Å². The van der Waals surface area contributed by atoms with E-state index >= 15 is 0 Å². The molecule has 1 saturated heterocycles. The summed E-state index contributed by atoms with van der Waals surface area (Å²) < 4.78 is 0. The minimum absolute atomic E-state index is 0.00755. The topological polar surface area (TPSA) is 49.0 Å². The first-order valence-corrected chi connectivity index (χ1v) is 8.14. The van der Waals surface area contributed by atoms with Gasteiger partial charge in [-0.1, -0.05) is 43.1 Å². The summed E-state index contributed by atoms with van der Waals surface area (Å²) in [4.78, 5) is 14.4. The highest BCUT2D eigenvalue weighted by molar-refractivity contribution is 6.31. The largest absolute Gasteiger partial charge is 0.337 e. The van der Waals surface area contributed by atoms with Gasteiger partial charge in [-0.15, -0.1) is 0 Å². The third-order valence-corrected chi connectivity index (χ3v) is 4.53. The Morgan fingerprint density at radius 3 is 3.05 bits per heavy atom. The fourth-order valence-corrected chi connectivity index (χ4v) is 3.33. The van der Waals surface area contributed by atoms with Crippen LogP contribution in [-0.4, -0.2) is 34.1 Å². The summed E-state index contributed by atoms with van der Waals surface area (Å²) in [5, 5.41) is 7.88. The second-order valence-corrected chi connectivity index (χ2v) is 6.19. The van der Waals surface area contributed by atoms with Crippen LogP contribution < -0.4 is 0 Å². The lowest BCUT2D eigenvalue weighted by molar-refractivity contribution is 0.0785. The molecule has 1 aliphatic rings. The zero-order valence-electron chi connectivity index (χ0n) is 12.7. The van der Waals surface area contributed by atoms with Crippen molar-refractivity contribution in [2.24, 2.45) is 0 Å². The second kappa shape index (κ2) is 6.53. The lowest BCUT2D eigenvalue weighted by Crippen LogP contribution is -2.28. The van der Waals surface area contributed by atoms with Gasteiger partial charge in [-0.05, 0) is 30.5 Å². The summed E-state index contributed by atoms with van der Waals surface area (Å²) in [5.74, 6) is 0.319. The average Bonchev–Trinajstić information content (AvgIpc) is 3.17. The molecule has 2 aromatic rings. The number of halogens is 1. The number of aromatic amines is 1. The van der Waals surface area contributed by atoms with Gasteiger partial charge in [0.15, 0.2) is 0 Å². The second-order valence-electron chi connectivity index (χ2n) is 5.79. The number of aromatic nitrogens is 2. The Morgan fingerprint density at radius 1 is 1.45 bits per heavy atom. The van der Waals surface area contributed by atoms with Crippen LogP contribution in [0.15, 0.2) is 30.3 Å². The third-order valence-electron chi connectivity index (χ3n) is 4.19. The Bertz CT molecular complexity index is 667. The predicted molar refractivity (Wildman–Crippen MR) is 87.3 cm³/mol. The van der Waals surface area contributed by atoms with Gasteiger partial charge in [-0.25, -0.2) is 0 Å². The normalized spacial score (nSPS) is 17.9. The molecule has 1 aromatic heterocycles. The smallest absolute Gasteiger partial charge is 0.274 e. The van der Waals surface area contributed by atoms with E-state index in [1.54, 1.807) is 0 Å². The number of carbonyl (C=O) groups is 1. The fraction of sp³-hybridized carbons (Fsp3) is 0.412. The van der Waals surface area contributed by atoms with E-state index in [-0.39, 0.29) is 5.91 Å². The highest BCUT2D eigenvalue weighted by Crippen LogP contribution is 2.32. The van der Waals surface area contributed by atoms with Crippen molar-refractivity contribution in [1.29, 1.82) is 0 Å². The van der Waals surface area contributed by atoms with Crippen molar-refractivity contribution >= 4 is 17.5 Å². The number of amides is 1. The van der Waals surface area contributed by atoms with Gasteiger partial charge >= 0.3 is 0 Å². The molecule has 3 rings (SSSR count). The number of nitrogens with one attached hydrogen (secondary N) is 1. The van der Waals surface area contributed by atoms with E-state index in [1.165, 1.54) is 0 Å². The number of aryl methyl sites for hydroxylation is 1. The maximum absolute atomic E-state index is 12.5. The van der Waals surface area contributed by atoms with Crippen LogP contribution in [0.5, 0.6) is 0 Å². The molecular weight excluding hydrogens is 298 g/mol. The molecule has 0 unspecified atom stereocenters. The van der Waals surface area contributed by atoms with Crippen molar-refractivity contribution in [3.63, 3.8) is 0 Å². The molecule has 0 spiro atoms. The van der Waals surface area contributed by atoms with Gasteiger partial charge in [0.1, 0.15) is 5.69 Å². The first kappa shape index (κ1) is 15.1. The monoisotopic (exact) mass is 317 g/mol. The highest BCUT2D eigenvalue weighted by Gasteiger charge is 2.29. The molecule has 0 saturated carbocycles. The summed E-state index contributed by atoms with van der Waals surface area (Å²) in [6.07, 6.45) is 2.90. The molecular formula is C17H20ClN3O. The Labute approximate surface area is 135 Å². The van der Waals surface area contributed by atoms with Crippen molar-refractivity contribution in [3.8, 4) is 0 Å². The van der Waals surface area contributed by atoms with Gasteiger partial charge in [-0.2, -0.15) is 5.10 Å². The Balaban J connectivity index is 1.69. The number of nitrogens with zero attached hydrogens (tertiary/aromatic N) is 2. The van der Waals surface area contributed by atoms with E-state index in [2.05, 4.69) is 23.2 Å². The molecule has 1 amide bonds. The molecule has 0 aliphatic carbocycles. The zero-order chi connectivity index (χ0) is 15.5. The van der Waals surface area contributed by atoms with Crippen LogP contribution in [0.3, 0.4) is 0 Å². The molecule has 0 bridgehead atoms. The molecule has 1 aliphatic heterocycles. The van der Waals surface area contributed by atoms with Crippen molar-refractivity contribution in [2.45, 2.75) is 32.1 Å². The third kappa shape index (κ3) is 3.02. The molecule has 1 N–H and O–H groups in total. The summed E-state index contributed by atoms with van der Waals surface area (Å²) in [6, 6.07) is 9.76. The number of rotatable bonds is 4. The fourth-order valence-electron chi connectivity index (χ4n) is 3.04. The SMILES string of the molecule is CCCc1cc(C(=O)N2CC[C@H](c3ccccc3Cl)C2)n[nH]1. The summed E-state index contributed by atoms with van der Waals surface area (Å²) in [5.41, 5.74) is 2.67. The van der Waals surface area contributed by atoms with E-state index in [4.69, 9.17) is 11.6 Å². The molecule has 2 heterocycles. The lowest BCUT2D eigenvalue weighted by atomic mass is 9.98. The van der Waals surface area contributed by atoms with Crippen LogP contribution in [0.25, 0.3) is 0 Å². The Hall–Kier alpha value is -1.81. The number of carbonyl (C=O) groups excluding carboxylic acids is 1. The van der Waals surface area contributed by atoms with E-state index < -0.39 is 0 Å². The highest BCUT2D eigenvalue weighted by atomic mass is 35.5. The minimum atomic E-state index is 0.00755. The van der Waals surface area contributed by atoms with Crippen LogP contribution in [0.2, 0.25) is 5.02 Å². The quantitative estimate of drug-likeness (QED) is 0.935. The molecule has 4 nitrogen and oxygen atoms in total. The Morgan fingerprint density at radius 2 is 2.27 bits per heavy atom. The van der Waals surface area contributed by atoms with Crippen molar-refractivity contribution in [2.75, 3.05) is 13.1 Å². The van der Waals surface area contributed by atoms with Crippen LogP contribution in [0, 0.1) is 0 Å². The lowest BCUT2D eigenvalue weighted by Gasteiger charge is -2.16. The zero-order valence-corrected chi connectivity index (χ0v) is 13.4. The predicted octanol–water partition coefficient (Wildman–Crippen LogP) is 3.65. The standard InChI is InChI=1S/C17H20ClN3O/c1-2-5-13-10-16(20-19-13)17(22)21-9-8-12(11-21)14-6-3-4-7-15(14)18/h3-4,6-7,10,12H,2,5,8-9,11H2,1H3,(H,19,20)/t12-/m0/s1. The molecule has 1 aromatic carbocycles. The van der Waals surface area contributed by atoms with Gasteiger partial charge in [0.25, 0.3) is 5.91 Å². The molecule has 0 radical (unpaired) electrons. The maximum Gasteiger partial charge on any atom is 0.274 e. The summed E-state index contributed by atoms with van der Waals surface area (Å²) in [7, 11) is 0. The van der Waals surface area contributed by atoms with E-state index in [1.807, 2.05) is 29.2 Å². The number of likely N-dealkylation sites (tertiary alicyclic amines) is 1. The van der Waals surface area contributed by atoms with E-state index in [9.17, 15) is 4.79 Å². The number of H-pyrrole nitrogens is 1. The minimum Gasteiger partial charge on any atom is -0.337 e. The first-order valence-electron chi connectivity index (χ1n) is 7.77. The van der Waals surface area contributed by atoms with Gasteiger partial charge < -0.3 is 4.90 Å². The van der Waals surface area contributed by atoms with E-state index in [0.717, 1.165) is 42.1 Å². The van der Waals surface area contributed by atoms with E-state index in [0.29, 0.717) is 18.2 Å². The van der Waals surface area contributed by atoms with Crippen LogP contribution in [0.4, 0.5) is 0 Å². The number of hydrogen-bond acceptors (Lipinski definition) is 2. The van der Waals surface area contributed by atoms with Crippen molar-refractivity contribution < 1.29 is 4.79 Å². The van der Waals surface area contributed by atoms with Gasteiger partial charge in [-0.3, -0.25) is 9.89 Å². The molecule has 22 heavy (non-hydrogen) atoms. The van der Waals surface area contributed by atoms with Crippen LogP contribution in [0.1, 0.15) is 47.4 Å². The number of hydrogen-bond donors (Lipinski definition) is 1. The van der Waals surface area contributed by atoms with Gasteiger partial charge in [0, 0.05) is 29.7 Å².